The molecule has 23 heavy (non-hydrogen) atoms. The number of halogens is 3. The molecule has 0 aromatic carbocycles. The molecule has 1 aliphatic carbocycles. The van der Waals surface area contributed by atoms with Crippen LogP contribution in [0.2, 0.25) is 0 Å². The van der Waals surface area contributed by atoms with Gasteiger partial charge in [0.2, 0.25) is 0 Å². The van der Waals surface area contributed by atoms with Gasteiger partial charge in [0.05, 0.1) is 18.7 Å². The number of rotatable bonds is 5. The summed E-state index contributed by atoms with van der Waals surface area (Å²) >= 11 is 0. The fraction of sp³-hybridized carbons (Fsp3) is 0.600. The Morgan fingerprint density at radius 2 is 1.96 bits per heavy atom. The molecule has 2 heterocycles. The summed E-state index contributed by atoms with van der Waals surface area (Å²) in [5, 5.41) is 7.44. The van der Waals surface area contributed by atoms with E-state index in [0.29, 0.717) is 0 Å². The topological polar surface area (TPSA) is 47.7 Å². The van der Waals surface area contributed by atoms with Crippen molar-refractivity contribution >= 4 is 0 Å². The molecule has 3 rings (SSSR count). The van der Waals surface area contributed by atoms with Crippen molar-refractivity contribution in [2.45, 2.75) is 50.4 Å². The monoisotopic (exact) mass is 327 g/mol. The predicted octanol–water partition coefficient (Wildman–Crippen LogP) is 3.09. The molecule has 2 aromatic rings. The number of aromatic nitrogens is 4. The average Bonchev–Trinajstić information content (AvgIpc) is 3.17. The lowest BCUT2D eigenvalue weighted by molar-refractivity contribution is -0.133. The van der Waals surface area contributed by atoms with Crippen LogP contribution in [0.5, 0.6) is 0 Å². The van der Waals surface area contributed by atoms with Crippen molar-refractivity contribution in [1.82, 2.24) is 24.6 Å². The van der Waals surface area contributed by atoms with Crippen LogP contribution in [0.4, 0.5) is 13.2 Å². The van der Waals surface area contributed by atoms with Gasteiger partial charge in [-0.1, -0.05) is 0 Å². The smallest absolute Gasteiger partial charge is 0.314 e. The summed E-state index contributed by atoms with van der Waals surface area (Å²) in [6.07, 6.45) is 5.80. The van der Waals surface area contributed by atoms with Crippen LogP contribution in [-0.2, 0) is 0 Å². The Morgan fingerprint density at radius 3 is 2.61 bits per heavy atom. The van der Waals surface area contributed by atoms with Crippen LogP contribution in [0.15, 0.2) is 31.0 Å². The highest BCUT2D eigenvalue weighted by Crippen LogP contribution is 2.30. The Kier molecular flexibility index (Phi) is 4.70. The van der Waals surface area contributed by atoms with Gasteiger partial charge < -0.3 is 5.32 Å². The minimum absolute atomic E-state index is 0.000883. The quantitative estimate of drug-likeness (QED) is 0.918. The van der Waals surface area contributed by atoms with E-state index >= 15 is 0 Å². The molecular formula is C15H20F3N5. The van der Waals surface area contributed by atoms with Crippen LogP contribution >= 0.6 is 0 Å². The molecule has 1 saturated carbocycles. The highest BCUT2D eigenvalue weighted by atomic mass is 19.4. The maximum atomic E-state index is 12.2. The molecule has 1 fully saturated rings. The highest BCUT2D eigenvalue weighted by molar-refractivity contribution is 5.21. The second-order valence-corrected chi connectivity index (χ2v) is 5.93. The van der Waals surface area contributed by atoms with E-state index in [1.54, 1.807) is 18.7 Å². The molecule has 0 saturated heterocycles. The molecule has 0 atom stereocenters. The van der Waals surface area contributed by atoms with Crippen molar-refractivity contribution in [3.63, 3.8) is 0 Å². The SMILES string of the molecule is FC(F)(F)CCN[C@H]1CC[C@H](n2nccc2-n2ccnc2)CC1. The Balaban J connectivity index is 1.53. The van der Waals surface area contributed by atoms with E-state index in [0.717, 1.165) is 31.5 Å². The molecule has 0 unspecified atom stereocenters. The van der Waals surface area contributed by atoms with Gasteiger partial charge in [-0.05, 0) is 25.7 Å². The van der Waals surface area contributed by atoms with Gasteiger partial charge in [-0.3, -0.25) is 4.57 Å². The van der Waals surface area contributed by atoms with Gasteiger partial charge in [-0.25, -0.2) is 9.67 Å². The third-order valence-corrected chi connectivity index (χ3v) is 4.30. The van der Waals surface area contributed by atoms with Crippen molar-refractivity contribution in [3.05, 3.63) is 31.0 Å². The van der Waals surface area contributed by atoms with E-state index in [-0.39, 0.29) is 18.6 Å². The Hall–Kier alpha value is -1.83. The third kappa shape index (κ3) is 4.13. The predicted molar refractivity (Wildman–Crippen MR) is 79.3 cm³/mol. The summed E-state index contributed by atoms with van der Waals surface area (Å²) in [6.45, 7) is 0.000883. The van der Waals surface area contributed by atoms with E-state index < -0.39 is 12.6 Å². The molecule has 0 spiro atoms. The lowest BCUT2D eigenvalue weighted by atomic mass is 9.91. The van der Waals surface area contributed by atoms with Crippen molar-refractivity contribution in [3.8, 4) is 5.82 Å². The summed E-state index contributed by atoms with van der Waals surface area (Å²) in [7, 11) is 0. The molecular weight excluding hydrogens is 307 g/mol. The first kappa shape index (κ1) is 16.0. The molecule has 126 valence electrons. The van der Waals surface area contributed by atoms with Gasteiger partial charge in [0, 0.05) is 31.0 Å². The summed E-state index contributed by atoms with van der Waals surface area (Å²) < 4.78 is 40.4. The Morgan fingerprint density at radius 1 is 1.17 bits per heavy atom. The van der Waals surface area contributed by atoms with Crippen LogP contribution in [-0.4, -0.2) is 38.1 Å². The van der Waals surface area contributed by atoms with E-state index in [9.17, 15) is 13.2 Å². The van der Waals surface area contributed by atoms with E-state index in [4.69, 9.17) is 0 Å². The molecule has 8 heteroatoms. The first-order valence-electron chi connectivity index (χ1n) is 7.85. The first-order chi connectivity index (χ1) is 11.0. The molecule has 1 N–H and O–H groups in total. The van der Waals surface area contributed by atoms with Crippen LogP contribution < -0.4 is 5.32 Å². The first-order valence-corrected chi connectivity index (χ1v) is 7.85. The van der Waals surface area contributed by atoms with E-state index in [1.165, 1.54) is 0 Å². The van der Waals surface area contributed by atoms with Crippen molar-refractivity contribution in [2.75, 3.05) is 6.54 Å². The number of alkyl halides is 3. The van der Waals surface area contributed by atoms with Crippen molar-refractivity contribution in [2.24, 2.45) is 0 Å². The van der Waals surface area contributed by atoms with Crippen LogP contribution in [0.1, 0.15) is 38.1 Å². The fourth-order valence-electron chi connectivity index (χ4n) is 3.13. The minimum atomic E-state index is -4.08. The second kappa shape index (κ2) is 6.74. The molecule has 0 aliphatic heterocycles. The number of hydrogen-bond acceptors (Lipinski definition) is 3. The molecule has 5 nitrogen and oxygen atoms in total. The number of nitrogens with zero attached hydrogens (tertiary/aromatic N) is 4. The largest absolute Gasteiger partial charge is 0.390 e. The maximum Gasteiger partial charge on any atom is 0.390 e. The van der Waals surface area contributed by atoms with Gasteiger partial charge in [0.1, 0.15) is 12.1 Å². The average molecular weight is 327 g/mol. The zero-order chi connectivity index (χ0) is 16.3. The third-order valence-electron chi connectivity index (χ3n) is 4.30. The lowest BCUT2D eigenvalue weighted by Crippen LogP contribution is -2.36. The Bertz CT molecular complexity index is 597. The van der Waals surface area contributed by atoms with Gasteiger partial charge in [0.15, 0.2) is 0 Å². The van der Waals surface area contributed by atoms with Crippen molar-refractivity contribution < 1.29 is 13.2 Å². The summed E-state index contributed by atoms with van der Waals surface area (Å²) in [5.74, 6) is 0.969. The summed E-state index contributed by atoms with van der Waals surface area (Å²) in [4.78, 5) is 4.05. The van der Waals surface area contributed by atoms with Gasteiger partial charge in [0.25, 0.3) is 0 Å². The maximum absolute atomic E-state index is 12.2. The molecule has 0 radical (unpaired) electrons. The van der Waals surface area contributed by atoms with Gasteiger partial charge >= 0.3 is 6.18 Å². The van der Waals surface area contributed by atoms with Crippen molar-refractivity contribution in [1.29, 1.82) is 0 Å². The van der Waals surface area contributed by atoms with Crippen LogP contribution in [0, 0.1) is 0 Å². The zero-order valence-corrected chi connectivity index (χ0v) is 12.7. The molecule has 0 amide bonds. The molecule has 0 bridgehead atoms. The van der Waals surface area contributed by atoms with Gasteiger partial charge in [-0.2, -0.15) is 18.3 Å². The standard InChI is InChI=1S/C15H20F3N5/c16-15(17,18)6-8-20-12-1-3-13(4-2-12)23-14(5-7-21-23)22-10-9-19-11-22/h5,7,9-13,20H,1-4,6,8H2/t12-,13-. The number of hydrogen-bond donors (Lipinski definition) is 1. The fourth-order valence-corrected chi connectivity index (χ4v) is 3.13. The summed E-state index contributed by atoms with van der Waals surface area (Å²) in [6, 6.07) is 2.39. The van der Waals surface area contributed by atoms with E-state index in [2.05, 4.69) is 15.4 Å². The molecule has 1 aliphatic rings. The van der Waals surface area contributed by atoms with Crippen LogP contribution in [0.25, 0.3) is 5.82 Å². The minimum Gasteiger partial charge on any atom is -0.314 e. The zero-order valence-electron chi connectivity index (χ0n) is 12.7. The molecule has 2 aromatic heterocycles. The van der Waals surface area contributed by atoms with Crippen LogP contribution in [0.3, 0.4) is 0 Å². The summed E-state index contributed by atoms with van der Waals surface area (Å²) in [5.41, 5.74) is 0. The second-order valence-electron chi connectivity index (χ2n) is 5.93. The highest BCUT2D eigenvalue weighted by Gasteiger charge is 2.28. The normalized spacial score (nSPS) is 22.4. The Labute approximate surface area is 132 Å². The number of nitrogens with one attached hydrogen (secondary N) is 1. The van der Waals surface area contributed by atoms with Gasteiger partial charge in [-0.15, -0.1) is 0 Å². The van der Waals surface area contributed by atoms with E-state index in [1.807, 2.05) is 21.5 Å². The lowest BCUT2D eigenvalue weighted by Gasteiger charge is -2.30. The number of imidazole rings is 1.